The van der Waals surface area contributed by atoms with E-state index < -0.39 is 23.3 Å². The van der Waals surface area contributed by atoms with Crippen LogP contribution in [0.3, 0.4) is 0 Å². The van der Waals surface area contributed by atoms with Crippen LogP contribution in [-0.4, -0.2) is 33.3 Å². The van der Waals surface area contributed by atoms with Gasteiger partial charge in [0, 0.05) is 17.3 Å². The lowest BCUT2D eigenvalue weighted by atomic mass is 9.91. The summed E-state index contributed by atoms with van der Waals surface area (Å²) < 4.78 is 34.3. The van der Waals surface area contributed by atoms with Gasteiger partial charge in [-0.1, -0.05) is 13.8 Å². The highest BCUT2D eigenvalue weighted by Gasteiger charge is 2.29. The molecule has 8 heteroatoms. The molecule has 0 aliphatic rings. The SMILES string of the molecule is Cc1cc(-c2cc(F)c(OCC(C)(CC(C)C)NC(=O)O)cc2F)ncn1. The first-order valence-electron chi connectivity index (χ1n) is 8.51. The number of hydrogen-bond donors (Lipinski definition) is 2. The zero-order valence-electron chi connectivity index (χ0n) is 15.7. The number of hydrogen-bond acceptors (Lipinski definition) is 4. The van der Waals surface area contributed by atoms with Crippen molar-refractivity contribution in [1.29, 1.82) is 0 Å². The van der Waals surface area contributed by atoms with Crippen molar-refractivity contribution >= 4 is 6.09 Å². The van der Waals surface area contributed by atoms with Gasteiger partial charge in [0.25, 0.3) is 0 Å². The molecule has 2 aromatic rings. The van der Waals surface area contributed by atoms with Gasteiger partial charge >= 0.3 is 6.09 Å². The smallest absolute Gasteiger partial charge is 0.405 e. The average molecular weight is 379 g/mol. The van der Waals surface area contributed by atoms with Gasteiger partial charge in [0.15, 0.2) is 11.6 Å². The summed E-state index contributed by atoms with van der Waals surface area (Å²) in [6.45, 7) is 7.11. The van der Waals surface area contributed by atoms with Crippen molar-refractivity contribution in [3.63, 3.8) is 0 Å². The second kappa shape index (κ2) is 8.28. The number of benzene rings is 1. The standard InChI is InChI=1S/C19H23F2N3O3/c1-11(2)8-19(4,24-18(25)26)9-27-17-7-14(20)13(6-15(17)21)16-5-12(3)22-10-23-16/h5-7,10-11,24H,8-9H2,1-4H3,(H,25,26). The first-order chi connectivity index (χ1) is 12.6. The van der Waals surface area contributed by atoms with E-state index in [1.54, 1.807) is 19.9 Å². The number of aromatic nitrogens is 2. The zero-order valence-corrected chi connectivity index (χ0v) is 15.7. The van der Waals surface area contributed by atoms with E-state index in [9.17, 15) is 13.6 Å². The number of nitrogens with one attached hydrogen (secondary N) is 1. The van der Waals surface area contributed by atoms with E-state index in [0.717, 1.165) is 12.1 Å². The Morgan fingerprint density at radius 1 is 1.26 bits per heavy atom. The van der Waals surface area contributed by atoms with Crippen LogP contribution in [0.2, 0.25) is 0 Å². The minimum atomic E-state index is -1.21. The summed E-state index contributed by atoms with van der Waals surface area (Å²) in [5.74, 6) is -1.56. The Bertz CT molecular complexity index is 830. The lowest BCUT2D eigenvalue weighted by Crippen LogP contribution is -2.50. The maximum absolute atomic E-state index is 14.5. The van der Waals surface area contributed by atoms with Gasteiger partial charge in [-0.15, -0.1) is 0 Å². The summed E-state index contributed by atoms with van der Waals surface area (Å²) in [6, 6.07) is 3.50. The summed E-state index contributed by atoms with van der Waals surface area (Å²) in [6.07, 6.45) is 0.547. The van der Waals surface area contributed by atoms with Crippen LogP contribution in [0.4, 0.5) is 13.6 Å². The van der Waals surface area contributed by atoms with E-state index in [4.69, 9.17) is 9.84 Å². The molecule has 1 unspecified atom stereocenters. The first kappa shape index (κ1) is 20.5. The molecule has 0 fully saturated rings. The van der Waals surface area contributed by atoms with Crippen LogP contribution in [0.5, 0.6) is 5.75 Å². The predicted molar refractivity (Wildman–Crippen MR) is 96.6 cm³/mol. The normalized spacial score (nSPS) is 13.3. The Morgan fingerprint density at radius 3 is 2.56 bits per heavy atom. The molecule has 1 aromatic carbocycles. The molecule has 1 amide bonds. The first-order valence-corrected chi connectivity index (χ1v) is 8.51. The molecular formula is C19H23F2N3O3. The number of carboxylic acid groups (broad SMARTS) is 1. The van der Waals surface area contributed by atoms with Gasteiger partial charge in [0.05, 0.1) is 11.2 Å². The molecule has 27 heavy (non-hydrogen) atoms. The number of aryl methyl sites for hydroxylation is 1. The topological polar surface area (TPSA) is 84.3 Å². The minimum absolute atomic E-state index is 0.000969. The largest absolute Gasteiger partial charge is 0.488 e. The minimum Gasteiger partial charge on any atom is -0.488 e. The molecule has 0 radical (unpaired) electrons. The molecule has 1 atom stereocenters. The highest BCUT2D eigenvalue weighted by molar-refractivity contribution is 5.65. The van der Waals surface area contributed by atoms with Crippen LogP contribution < -0.4 is 10.1 Å². The van der Waals surface area contributed by atoms with Crippen molar-refractivity contribution in [2.24, 2.45) is 5.92 Å². The second-order valence-corrected chi connectivity index (χ2v) is 7.18. The molecule has 1 heterocycles. The van der Waals surface area contributed by atoms with Gasteiger partial charge in [-0.25, -0.2) is 23.5 Å². The molecule has 0 aliphatic carbocycles. The molecule has 0 saturated heterocycles. The van der Waals surface area contributed by atoms with Crippen molar-refractivity contribution in [2.75, 3.05) is 6.61 Å². The van der Waals surface area contributed by atoms with Crippen LogP contribution in [-0.2, 0) is 0 Å². The number of nitrogens with zero attached hydrogens (tertiary/aromatic N) is 2. The highest BCUT2D eigenvalue weighted by atomic mass is 19.1. The quantitative estimate of drug-likeness (QED) is 0.754. The number of ether oxygens (including phenoxy) is 1. The van der Waals surface area contributed by atoms with Crippen LogP contribution in [0.1, 0.15) is 32.9 Å². The Morgan fingerprint density at radius 2 is 1.96 bits per heavy atom. The maximum Gasteiger partial charge on any atom is 0.405 e. The van der Waals surface area contributed by atoms with Crippen molar-refractivity contribution in [2.45, 2.75) is 39.7 Å². The van der Waals surface area contributed by atoms with E-state index in [-0.39, 0.29) is 29.5 Å². The molecule has 0 aliphatic heterocycles. The van der Waals surface area contributed by atoms with Crippen molar-refractivity contribution in [3.8, 4) is 17.0 Å². The lowest BCUT2D eigenvalue weighted by molar-refractivity contribution is 0.141. The van der Waals surface area contributed by atoms with Crippen LogP contribution in [0, 0.1) is 24.5 Å². The summed E-state index contributed by atoms with van der Waals surface area (Å²) >= 11 is 0. The predicted octanol–water partition coefficient (Wildman–Crippen LogP) is 4.18. The Balaban J connectivity index is 2.24. The fourth-order valence-electron chi connectivity index (χ4n) is 2.98. The molecule has 6 nitrogen and oxygen atoms in total. The molecule has 0 bridgehead atoms. The van der Waals surface area contributed by atoms with Gasteiger partial charge < -0.3 is 15.2 Å². The second-order valence-electron chi connectivity index (χ2n) is 7.18. The molecule has 0 spiro atoms. The Kier molecular flexibility index (Phi) is 6.30. The monoisotopic (exact) mass is 379 g/mol. The van der Waals surface area contributed by atoms with E-state index in [1.807, 2.05) is 13.8 Å². The molecule has 2 rings (SSSR count). The van der Waals surface area contributed by atoms with Crippen molar-refractivity contribution in [3.05, 3.63) is 41.9 Å². The summed E-state index contributed by atoms with van der Waals surface area (Å²) in [7, 11) is 0. The third kappa shape index (κ3) is 5.60. The van der Waals surface area contributed by atoms with Gasteiger partial charge in [-0.2, -0.15) is 0 Å². The lowest BCUT2D eigenvalue weighted by Gasteiger charge is -2.31. The highest BCUT2D eigenvalue weighted by Crippen LogP contribution is 2.29. The summed E-state index contributed by atoms with van der Waals surface area (Å²) in [4.78, 5) is 18.9. The third-order valence-electron chi connectivity index (χ3n) is 3.92. The number of halogens is 2. The van der Waals surface area contributed by atoms with Gasteiger partial charge in [0.2, 0.25) is 0 Å². The van der Waals surface area contributed by atoms with Gasteiger partial charge in [-0.05, 0) is 38.3 Å². The molecule has 1 aromatic heterocycles. The van der Waals surface area contributed by atoms with E-state index in [2.05, 4.69) is 15.3 Å². The molecule has 146 valence electrons. The maximum atomic E-state index is 14.5. The van der Waals surface area contributed by atoms with Gasteiger partial charge in [-0.3, -0.25) is 0 Å². The Labute approximate surface area is 156 Å². The summed E-state index contributed by atoms with van der Waals surface area (Å²) in [5, 5.41) is 11.4. The van der Waals surface area contributed by atoms with Crippen molar-refractivity contribution < 1.29 is 23.4 Å². The number of carbonyl (C=O) groups is 1. The van der Waals surface area contributed by atoms with Crippen molar-refractivity contribution in [1.82, 2.24) is 15.3 Å². The fraction of sp³-hybridized carbons (Fsp3) is 0.421. The number of amides is 1. The molecular weight excluding hydrogens is 356 g/mol. The Hall–Kier alpha value is -2.77. The van der Waals surface area contributed by atoms with E-state index >= 15 is 0 Å². The van der Waals surface area contributed by atoms with Gasteiger partial charge in [0.1, 0.15) is 18.8 Å². The third-order valence-corrected chi connectivity index (χ3v) is 3.92. The molecule has 0 saturated carbocycles. The fourth-order valence-corrected chi connectivity index (χ4v) is 2.98. The summed E-state index contributed by atoms with van der Waals surface area (Å²) in [5.41, 5.74) is -0.0448. The van der Waals surface area contributed by atoms with E-state index in [0.29, 0.717) is 12.1 Å². The van der Waals surface area contributed by atoms with Crippen LogP contribution in [0.25, 0.3) is 11.3 Å². The molecule has 2 N–H and O–H groups in total. The zero-order chi connectivity index (χ0) is 20.2. The van der Waals surface area contributed by atoms with Crippen LogP contribution in [0.15, 0.2) is 24.5 Å². The van der Waals surface area contributed by atoms with Crippen LogP contribution >= 0.6 is 0 Å². The average Bonchev–Trinajstić information content (AvgIpc) is 2.53. The van der Waals surface area contributed by atoms with E-state index in [1.165, 1.54) is 6.33 Å². The number of rotatable bonds is 7.